The lowest BCUT2D eigenvalue weighted by atomic mass is 10.5. The van der Waals surface area contributed by atoms with E-state index in [0.29, 0.717) is 13.1 Å². The van der Waals surface area contributed by atoms with E-state index in [1.54, 1.807) is 0 Å². The minimum Gasteiger partial charge on any atom is -0.465 e. The average molecular weight is 292 g/mol. The fourth-order valence-corrected chi connectivity index (χ4v) is 3.42. The summed E-state index contributed by atoms with van der Waals surface area (Å²) in [5, 5.41) is 4.42. The van der Waals surface area contributed by atoms with Crippen molar-refractivity contribution in [1.82, 2.24) is 10.0 Å². The summed E-state index contributed by atoms with van der Waals surface area (Å²) < 4.78 is 30.6. The molecule has 0 fully saturated rings. The normalized spacial score (nSPS) is 11.4. The van der Waals surface area contributed by atoms with Crippen LogP contribution in [0.2, 0.25) is 0 Å². The van der Waals surface area contributed by atoms with E-state index in [0.717, 1.165) is 17.9 Å². The molecule has 0 aliphatic heterocycles. The van der Waals surface area contributed by atoms with Gasteiger partial charge in [-0.05, 0) is 12.6 Å². The lowest BCUT2D eigenvalue weighted by Crippen LogP contribution is -2.31. The van der Waals surface area contributed by atoms with Crippen molar-refractivity contribution in [3.8, 4) is 0 Å². The summed E-state index contributed by atoms with van der Waals surface area (Å²) in [6, 6.07) is 1.31. The van der Waals surface area contributed by atoms with Gasteiger partial charge in [-0.25, -0.2) is 17.9 Å². The standard InChI is InChI=1S/C10H16N2O4S2/c1-3-11-4-5-12-18(14,15)8-6-9(17-7-8)10(13)16-2/h6-7,11-12H,3-5H2,1-2H3. The fourth-order valence-electron chi connectivity index (χ4n) is 1.20. The van der Waals surface area contributed by atoms with Crippen LogP contribution in [0.5, 0.6) is 0 Å². The van der Waals surface area contributed by atoms with Gasteiger partial charge in [0.15, 0.2) is 0 Å². The summed E-state index contributed by atoms with van der Waals surface area (Å²) in [5.74, 6) is -0.533. The summed E-state index contributed by atoms with van der Waals surface area (Å²) >= 11 is 1.04. The Kier molecular flexibility index (Phi) is 5.73. The number of ether oxygens (including phenoxy) is 1. The van der Waals surface area contributed by atoms with Gasteiger partial charge in [0.1, 0.15) is 4.88 Å². The Bertz CT molecular complexity index is 496. The Labute approximate surface area is 110 Å². The van der Waals surface area contributed by atoms with Crippen molar-refractivity contribution in [3.63, 3.8) is 0 Å². The summed E-state index contributed by atoms with van der Waals surface area (Å²) in [5.41, 5.74) is 0. The van der Waals surface area contributed by atoms with Crippen molar-refractivity contribution < 1.29 is 17.9 Å². The van der Waals surface area contributed by atoms with E-state index in [-0.39, 0.29) is 9.77 Å². The van der Waals surface area contributed by atoms with Crippen LogP contribution in [0.1, 0.15) is 16.6 Å². The van der Waals surface area contributed by atoms with Crippen molar-refractivity contribution in [3.05, 3.63) is 16.3 Å². The maximum atomic E-state index is 11.8. The Morgan fingerprint density at radius 3 is 2.78 bits per heavy atom. The molecule has 6 nitrogen and oxygen atoms in total. The van der Waals surface area contributed by atoms with Crippen LogP contribution < -0.4 is 10.0 Å². The van der Waals surface area contributed by atoms with E-state index in [1.165, 1.54) is 18.6 Å². The third-order valence-corrected chi connectivity index (χ3v) is 4.62. The summed E-state index contributed by atoms with van der Waals surface area (Å²) in [4.78, 5) is 11.6. The maximum Gasteiger partial charge on any atom is 0.348 e. The van der Waals surface area contributed by atoms with Crippen LogP contribution in [-0.4, -0.2) is 41.1 Å². The molecule has 0 unspecified atom stereocenters. The molecule has 102 valence electrons. The Morgan fingerprint density at radius 1 is 1.44 bits per heavy atom. The van der Waals surface area contributed by atoms with Gasteiger partial charge in [-0.2, -0.15) is 0 Å². The molecule has 0 spiro atoms. The molecule has 1 aromatic heterocycles. The monoisotopic (exact) mass is 292 g/mol. The molecule has 18 heavy (non-hydrogen) atoms. The van der Waals surface area contributed by atoms with E-state index >= 15 is 0 Å². The first-order chi connectivity index (χ1) is 8.51. The summed E-state index contributed by atoms with van der Waals surface area (Å²) in [7, 11) is -2.29. The maximum absolute atomic E-state index is 11.8. The molecule has 0 aliphatic carbocycles. The van der Waals surface area contributed by atoms with Crippen molar-refractivity contribution in [2.45, 2.75) is 11.8 Å². The first-order valence-electron chi connectivity index (χ1n) is 5.38. The van der Waals surface area contributed by atoms with Gasteiger partial charge < -0.3 is 10.1 Å². The minimum atomic E-state index is -3.55. The molecule has 0 amide bonds. The quantitative estimate of drug-likeness (QED) is 0.562. The highest BCUT2D eigenvalue weighted by Gasteiger charge is 2.18. The number of carbonyl (C=O) groups is 1. The number of thiophene rings is 1. The van der Waals surface area contributed by atoms with Gasteiger partial charge in [0.2, 0.25) is 10.0 Å². The zero-order valence-corrected chi connectivity index (χ0v) is 11.9. The van der Waals surface area contributed by atoms with Gasteiger partial charge in [-0.1, -0.05) is 6.92 Å². The molecule has 0 radical (unpaired) electrons. The first-order valence-corrected chi connectivity index (χ1v) is 7.74. The average Bonchev–Trinajstić information content (AvgIpc) is 2.84. The molecule has 1 rings (SSSR count). The molecule has 0 aliphatic rings. The van der Waals surface area contributed by atoms with Crippen LogP contribution in [-0.2, 0) is 14.8 Å². The van der Waals surface area contributed by atoms with E-state index in [1.807, 2.05) is 6.92 Å². The molecule has 0 aromatic carbocycles. The summed E-state index contributed by atoms with van der Waals surface area (Å²) in [6.07, 6.45) is 0. The number of likely N-dealkylation sites (N-methyl/N-ethyl adjacent to an activating group) is 1. The van der Waals surface area contributed by atoms with Crippen molar-refractivity contribution in [2.75, 3.05) is 26.7 Å². The first kappa shape index (κ1) is 15.1. The highest BCUT2D eigenvalue weighted by molar-refractivity contribution is 7.89. The Morgan fingerprint density at radius 2 is 2.17 bits per heavy atom. The minimum absolute atomic E-state index is 0.0874. The second-order valence-electron chi connectivity index (χ2n) is 3.39. The van der Waals surface area contributed by atoms with Crippen LogP contribution in [0.25, 0.3) is 0 Å². The number of hydrogen-bond donors (Lipinski definition) is 2. The van der Waals surface area contributed by atoms with E-state index < -0.39 is 16.0 Å². The second kappa shape index (κ2) is 6.83. The third-order valence-electron chi connectivity index (χ3n) is 2.12. The molecule has 0 atom stereocenters. The zero-order valence-electron chi connectivity index (χ0n) is 10.2. The number of esters is 1. The van der Waals surface area contributed by atoms with Crippen LogP contribution in [0.3, 0.4) is 0 Å². The van der Waals surface area contributed by atoms with E-state index in [9.17, 15) is 13.2 Å². The van der Waals surface area contributed by atoms with Crippen LogP contribution in [0, 0.1) is 0 Å². The number of hydrogen-bond acceptors (Lipinski definition) is 6. The Hall–Kier alpha value is -0.960. The molecule has 8 heteroatoms. The van der Waals surface area contributed by atoms with E-state index in [2.05, 4.69) is 14.8 Å². The lowest BCUT2D eigenvalue weighted by molar-refractivity contribution is 0.0606. The highest BCUT2D eigenvalue weighted by Crippen LogP contribution is 2.19. The van der Waals surface area contributed by atoms with Gasteiger partial charge in [0.25, 0.3) is 0 Å². The Balaban J connectivity index is 2.67. The number of nitrogens with one attached hydrogen (secondary N) is 2. The molecule has 0 saturated carbocycles. The largest absolute Gasteiger partial charge is 0.465 e. The molecular formula is C10H16N2O4S2. The fraction of sp³-hybridized carbons (Fsp3) is 0.500. The highest BCUT2D eigenvalue weighted by atomic mass is 32.2. The van der Waals surface area contributed by atoms with Gasteiger partial charge in [0, 0.05) is 18.5 Å². The predicted octanol–water partition coefficient (Wildman–Crippen LogP) is 0.423. The number of carbonyl (C=O) groups excluding carboxylic acids is 1. The number of sulfonamides is 1. The van der Waals surface area contributed by atoms with Crippen molar-refractivity contribution >= 4 is 27.3 Å². The third kappa shape index (κ3) is 4.05. The zero-order chi connectivity index (χ0) is 13.6. The van der Waals surface area contributed by atoms with Gasteiger partial charge in [0.05, 0.1) is 12.0 Å². The lowest BCUT2D eigenvalue weighted by Gasteiger charge is -2.04. The molecular weight excluding hydrogens is 276 g/mol. The SMILES string of the molecule is CCNCCNS(=O)(=O)c1csc(C(=O)OC)c1. The van der Waals surface area contributed by atoms with E-state index in [4.69, 9.17) is 0 Å². The van der Waals surface area contributed by atoms with Crippen molar-refractivity contribution in [1.29, 1.82) is 0 Å². The molecule has 1 heterocycles. The smallest absolute Gasteiger partial charge is 0.348 e. The van der Waals surface area contributed by atoms with Gasteiger partial charge in [-0.3, -0.25) is 0 Å². The molecule has 1 aromatic rings. The summed E-state index contributed by atoms with van der Waals surface area (Å²) in [6.45, 7) is 3.59. The van der Waals surface area contributed by atoms with Crippen LogP contribution in [0.4, 0.5) is 0 Å². The van der Waals surface area contributed by atoms with Gasteiger partial charge in [-0.15, -0.1) is 11.3 Å². The predicted molar refractivity (Wildman–Crippen MR) is 69.4 cm³/mol. The molecule has 0 saturated heterocycles. The number of methoxy groups -OCH3 is 1. The van der Waals surface area contributed by atoms with Gasteiger partial charge >= 0.3 is 5.97 Å². The van der Waals surface area contributed by atoms with Crippen molar-refractivity contribution in [2.24, 2.45) is 0 Å². The second-order valence-corrected chi connectivity index (χ2v) is 6.07. The topological polar surface area (TPSA) is 84.5 Å². The van der Waals surface area contributed by atoms with Crippen LogP contribution >= 0.6 is 11.3 Å². The number of rotatable bonds is 7. The van der Waals surface area contributed by atoms with Crippen LogP contribution in [0.15, 0.2) is 16.3 Å². The molecule has 0 bridgehead atoms. The molecule has 2 N–H and O–H groups in total.